The molecule has 0 fully saturated rings. The van der Waals surface area contributed by atoms with Gasteiger partial charge in [-0.25, -0.2) is 4.79 Å². The summed E-state index contributed by atoms with van der Waals surface area (Å²) in [4.78, 5) is 21.5. The Hall–Kier alpha value is -1.06. The summed E-state index contributed by atoms with van der Waals surface area (Å²) < 4.78 is 9.76. The Labute approximate surface area is 97.3 Å². The van der Waals surface area contributed by atoms with Crippen LogP contribution in [-0.4, -0.2) is 24.6 Å². The van der Waals surface area contributed by atoms with E-state index < -0.39 is 12.1 Å². The zero-order valence-corrected chi connectivity index (χ0v) is 10.4. The third-order valence-corrected chi connectivity index (χ3v) is 2.46. The lowest BCUT2D eigenvalue weighted by Gasteiger charge is -2.18. The fourth-order valence-electron chi connectivity index (χ4n) is 1.37. The van der Waals surface area contributed by atoms with Crippen molar-refractivity contribution in [1.82, 2.24) is 0 Å². The Kier molecular flexibility index (Phi) is 8.58. The first-order valence-corrected chi connectivity index (χ1v) is 5.95. The molecule has 2 unspecified atom stereocenters. The van der Waals surface area contributed by atoms with Gasteiger partial charge in [-0.3, -0.25) is 4.79 Å². The van der Waals surface area contributed by atoms with Crippen molar-refractivity contribution in [2.45, 2.75) is 65.1 Å². The van der Waals surface area contributed by atoms with Gasteiger partial charge in [0.15, 0.2) is 6.10 Å². The Bertz CT molecular complexity index is 203. The molecule has 0 aliphatic heterocycles. The van der Waals surface area contributed by atoms with Gasteiger partial charge in [-0.05, 0) is 26.2 Å². The highest BCUT2D eigenvalue weighted by Crippen LogP contribution is 2.11. The highest BCUT2D eigenvalue weighted by Gasteiger charge is 2.19. The number of unbranched alkanes of at least 4 members (excludes halogenated alkanes) is 2. The van der Waals surface area contributed by atoms with Gasteiger partial charge in [0.25, 0.3) is 6.47 Å². The third-order valence-electron chi connectivity index (χ3n) is 2.46. The predicted molar refractivity (Wildman–Crippen MR) is 60.9 cm³/mol. The minimum Gasteiger partial charge on any atom is -0.460 e. The summed E-state index contributed by atoms with van der Waals surface area (Å²) in [5, 5.41) is 0. The molecule has 0 aliphatic rings. The summed E-state index contributed by atoms with van der Waals surface area (Å²) in [5.74, 6) is -0.463. The van der Waals surface area contributed by atoms with Gasteiger partial charge < -0.3 is 9.47 Å². The largest absolute Gasteiger partial charge is 0.460 e. The molecule has 4 nitrogen and oxygen atoms in total. The van der Waals surface area contributed by atoms with Crippen LogP contribution < -0.4 is 0 Å². The average Bonchev–Trinajstić information content (AvgIpc) is 2.28. The molecule has 16 heavy (non-hydrogen) atoms. The SMILES string of the molecule is CCCCCC(CC)OC(=O)C(C)OC=O. The molecule has 0 aliphatic carbocycles. The second kappa shape index (κ2) is 9.19. The Morgan fingerprint density at radius 1 is 1.31 bits per heavy atom. The van der Waals surface area contributed by atoms with Crippen LogP contribution in [0.1, 0.15) is 52.9 Å². The van der Waals surface area contributed by atoms with Gasteiger partial charge in [0.2, 0.25) is 0 Å². The molecule has 94 valence electrons. The zero-order chi connectivity index (χ0) is 12.4. The minimum absolute atomic E-state index is 0.0586. The number of carbonyl (C=O) groups is 2. The lowest BCUT2D eigenvalue weighted by molar-refractivity contribution is -0.165. The summed E-state index contributed by atoms with van der Waals surface area (Å²) in [6.45, 7) is 5.89. The molecular formula is C12H22O4. The van der Waals surface area contributed by atoms with E-state index in [0.717, 1.165) is 32.1 Å². The Morgan fingerprint density at radius 3 is 2.50 bits per heavy atom. The van der Waals surface area contributed by atoms with Crippen LogP contribution >= 0.6 is 0 Å². The summed E-state index contributed by atoms with van der Waals surface area (Å²) in [6, 6.07) is 0. The van der Waals surface area contributed by atoms with E-state index in [0.29, 0.717) is 0 Å². The van der Waals surface area contributed by atoms with Crippen molar-refractivity contribution in [3.63, 3.8) is 0 Å². The minimum atomic E-state index is -0.808. The van der Waals surface area contributed by atoms with E-state index in [1.54, 1.807) is 0 Å². The molecule has 0 rings (SSSR count). The van der Waals surface area contributed by atoms with Crippen LogP contribution in [0.2, 0.25) is 0 Å². The second-order valence-corrected chi connectivity index (χ2v) is 3.84. The zero-order valence-electron chi connectivity index (χ0n) is 10.4. The van der Waals surface area contributed by atoms with E-state index in [9.17, 15) is 9.59 Å². The summed E-state index contributed by atoms with van der Waals surface area (Å²) >= 11 is 0. The summed E-state index contributed by atoms with van der Waals surface area (Å²) in [7, 11) is 0. The molecule has 0 N–H and O–H groups in total. The number of esters is 1. The molecule has 0 heterocycles. The van der Waals surface area contributed by atoms with Gasteiger partial charge in [-0.1, -0.05) is 26.7 Å². The topological polar surface area (TPSA) is 52.6 Å². The molecule has 0 radical (unpaired) electrons. The fourth-order valence-corrected chi connectivity index (χ4v) is 1.37. The van der Waals surface area contributed by atoms with E-state index >= 15 is 0 Å². The molecule has 0 saturated heterocycles. The second-order valence-electron chi connectivity index (χ2n) is 3.84. The van der Waals surface area contributed by atoms with Crippen LogP contribution in [0.15, 0.2) is 0 Å². The third kappa shape index (κ3) is 6.43. The van der Waals surface area contributed by atoms with E-state index in [4.69, 9.17) is 4.74 Å². The first-order valence-electron chi connectivity index (χ1n) is 5.95. The van der Waals surface area contributed by atoms with Crippen molar-refractivity contribution < 1.29 is 19.1 Å². The number of hydrogen-bond donors (Lipinski definition) is 0. The van der Waals surface area contributed by atoms with Gasteiger partial charge in [-0.2, -0.15) is 0 Å². The number of ether oxygens (including phenoxy) is 2. The van der Waals surface area contributed by atoms with Crippen molar-refractivity contribution in [3.05, 3.63) is 0 Å². The van der Waals surface area contributed by atoms with Gasteiger partial charge in [-0.15, -0.1) is 0 Å². The molecule has 0 spiro atoms. The number of carbonyl (C=O) groups excluding carboxylic acids is 2. The number of rotatable bonds is 9. The molecule has 4 heteroatoms. The molecule has 0 amide bonds. The molecule has 2 atom stereocenters. The van der Waals surface area contributed by atoms with Crippen LogP contribution in [0.3, 0.4) is 0 Å². The maximum Gasteiger partial charge on any atom is 0.347 e. The van der Waals surface area contributed by atoms with Crippen molar-refractivity contribution in [1.29, 1.82) is 0 Å². The first kappa shape index (κ1) is 14.9. The maximum atomic E-state index is 11.4. The van der Waals surface area contributed by atoms with E-state index in [1.807, 2.05) is 6.92 Å². The molecule has 0 aromatic rings. The van der Waals surface area contributed by atoms with Crippen LogP contribution in [0, 0.1) is 0 Å². The van der Waals surface area contributed by atoms with Gasteiger partial charge in [0, 0.05) is 0 Å². The van der Waals surface area contributed by atoms with Crippen LogP contribution in [0.25, 0.3) is 0 Å². The molecule has 0 aromatic heterocycles. The standard InChI is InChI=1S/C12H22O4/c1-4-6-7-8-11(5-2)16-12(14)10(3)15-9-13/h9-11H,4-8H2,1-3H3. The van der Waals surface area contributed by atoms with Crippen molar-refractivity contribution in [3.8, 4) is 0 Å². The van der Waals surface area contributed by atoms with Crippen LogP contribution in [0.5, 0.6) is 0 Å². The molecule has 0 aromatic carbocycles. The highest BCUT2D eigenvalue weighted by molar-refractivity contribution is 5.75. The van der Waals surface area contributed by atoms with E-state index in [1.165, 1.54) is 6.92 Å². The quantitative estimate of drug-likeness (QED) is 0.347. The average molecular weight is 230 g/mol. The molecule has 0 bridgehead atoms. The van der Waals surface area contributed by atoms with Crippen molar-refractivity contribution in [2.75, 3.05) is 0 Å². The summed E-state index contributed by atoms with van der Waals surface area (Å²) in [6.07, 6.45) is 4.16. The van der Waals surface area contributed by atoms with Gasteiger partial charge in [0.05, 0.1) is 0 Å². The van der Waals surface area contributed by atoms with Crippen LogP contribution in [0.4, 0.5) is 0 Å². The number of hydrogen-bond acceptors (Lipinski definition) is 4. The predicted octanol–water partition coefficient (Wildman–Crippen LogP) is 2.45. The summed E-state index contributed by atoms with van der Waals surface area (Å²) in [5.41, 5.74) is 0. The smallest absolute Gasteiger partial charge is 0.347 e. The van der Waals surface area contributed by atoms with E-state index in [-0.39, 0.29) is 12.6 Å². The highest BCUT2D eigenvalue weighted by atomic mass is 16.6. The molecule has 0 saturated carbocycles. The lowest BCUT2D eigenvalue weighted by atomic mass is 10.1. The Morgan fingerprint density at radius 2 is 2.00 bits per heavy atom. The van der Waals surface area contributed by atoms with Gasteiger partial charge >= 0.3 is 5.97 Å². The van der Waals surface area contributed by atoms with Gasteiger partial charge in [0.1, 0.15) is 6.10 Å². The monoisotopic (exact) mass is 230 g/mol. The lowest BCUT2D eigenvalue weighted by Crippen LogP contribution is -2.27. The molecular weight excluding hydrogens is 208 g/mol. The van der Waals surface area contributed by atoms with Crippen LogP contribution in [-0.2, 0) is 19.1 Å². The maximum absolute atomic E-state index is 11.4. The first-order chi connectivity index (χ1) is 7.65. The Balaban J connectivity index is 3.90. The van der Waals surface area contributed by atoms with E-state index in [2.05, 4.69) is 11.7 Å². The van der Waals surface area contributed by atoms with Crippen molar-refractivity contribution >= 4 is 12.4 Å². The fraction of sp³-hybridized carbons (Fsp3) is 0.833. The normalized spacial score (nSPS) is 13.9. The van der Waals surface area contributed by atoms with Crippen molar-refractivity contribution in [2.24, 2.45) is 0 Å².